The van der Waals surface area contributed by atoms with Crippen molar-refractivity contribution in [3.05, 3.63) is 0 Å². The van der Waals surface area contributed by atoms with Crippen LogP contribution in [0.1, 0.15) is 75.2 Å². The van der Waals surface area contributed by atoms with E-state index in [4.69, 9.17) is 18.1 Å². The highest BCUT2D eigenvalue weighted by molar-refractivity contribution is 14.1. The van der Waals surface area contributed by atoms with E-state index >= 15 is 0 Å². The maximum Gasteiger partial charge on any atom is 0.349 e. The number of hydrogen-bond donors (Lipinski definition) is 0. The first-order chi connectivity index (χ1) is 11.7. The predicted octanol–water partition coefficient (Wildman–Crippen LogP) is 7.00. The fourth-order valence-electron chi connectivity index (χ4n) is 2.44. The third-order valence-corrected chi connectivity index (χ3v) is 11.2. The summed E-state index contributed by atoms with van der Waals surface area (Å²) in [4.78, 5) is -1.39. The second-order valence-corrected chi connectivity index (χ2v) is 13.9. The Morgan fingerprint density at radius 1 is 0.731 bits per heavy atom. The molecule has 0 spiro atoms. The van der Waals surface area contributed by atoms with Gasteiger partial charge in [0, 0.05) is 0 Å². The first-order valence-electron chi connectivity index (χ1n) is 9.23. The normalized spacial score (nSPS) is 14.2. The summed E-state index contributed by atoms with van der Waals surface area (Å²) in [5, 5.41) is 0. The van der Waals surface area contributed by atoms with Gasteiger partial charge >= 0.3 is 15.2 Å². The molecule has 26 heavy (non-hydrogen) atoms. The highest BCUT2D eigenvalue weighted by Gasteiger charge is 2.62. The van der Waals surface area contributed by atoms with E-state index in [1.54, 1.807) is 62.3 Å². The number of rotatable bonds is 13. The SMILES string of the molecule is CC(C)OP(=O)(OC(C)C)C(C)(CCCI)P(=O)(OC(C)C)OC(C)C. The highest BCUT2D eigenvalue weighted by Crippen LogP contribution is 2.80. The molecule has 0 radical (unpaired) electrons. The van der Waals surface area contributed by atoms with Crippen molar-refractivity contribution in [1.82, 2.24) is 0 Å². The molecule has 0 aromatic heterocycles. The Balaban J connectivity index is 6.45. The fraction of sp³-hybridized carbons (Fsp3) is 1.00. The van der Waals surface area contributed by atoms with Gasteiger partial charge in [0.2, 0.25) is 0 Å². The van der Waals surface area contributed by atoms with Crippen molar-refractivity contribution in [1.29, 1.82) is 0 Å². The summed E-state index contributed by atoms with van der Waals surface area (Å²) < 4.78 is 52.1. The molecule has 0 aromatic carbocycles. The molecular weight excluding hydrogens is 489 g/mol. The Hall–Kier alpha value is 1.03. The molecule has 6 nitrogen and oxygen atoms in total. The quantitative estimate of drug-likeness (QED) is 0.146. The van der Waals surface area contributed by atoms with Crippen molar-refractivity contribution in [3.8, 4) is 0 Å². The summed E-state index contributed by atoms with van der Waals surface area (Å²) in [6, 6.07) is 0. The molecule has 0 aliphatic rings. The van der Waals surface area contributed by atoms with Gasteiger partial charge in [-0.15, -0.1) is 0 Å². The van der Waals surface area contributed by atoms with Gasteiger partial charge in [-0.1, -0.05) is 22.6 Å². The summed E-state index contributed by atoms with van der Waals surface area (Å²) in [5.74, 6) is 0. The zero-order chi connectivity index (χ0) is 20.8. The summed E-state index contributed by atoms with van der Waals surface area (Å²) in [5.41, 5.74) is 0. The second-order valence-electron chi connectivity index (χ2n) is 7.62. The molecule has 0 saturated heterocycles. The van der Waals surface area contributed by atoms with Gasteiger partial charge in [0.15, 0.2) is 4.90 Å². The smallest absolute Gasteiger partial charge is 0.305 e. The summed E-state index contributed by atoms with van der Waals surface area (Å²) >= 11 is 2.24. The van der Waals surface area contributed by atoms with Gasteiger partial charge in [-0.25, -0.2) is 0 Å². The molecule has 0 atom stereocenters. The van der Waals surface area contributed by atoms with Gasteiger partial charge < -0.3 is 18.1 Å². The van der Waals surface area contributed by atoms with E-state index in [0.29, 0.717) is 12.8 Å². The van der Waals surface area contributed by atoms with Gasteiger partial charge in [0.25, 0.3) is 0 Å². The van der Waals surface area contributed by atoms with Crippen LogP contribution >= 0.6 is 37.8 Å². The van der Waals surface area contributed by atoms with E-state index in [1.807, 2.05) is 0 Å². The van der Waals surface area contributed by atoms with Crippen molar-refractivity contribution >= 4 is 37.8 Å². The van der Waals surface area contributed by atoms with Crippen LogP contribution in [0.2, 0.25) is 0 Å². The molecule has 0 aromatic rings. The molecule has 0 unspecified atom stereocenters. The number of halogens is 1. The monoisotopic (exact) mass is 526 g/mol. The van der Waals surface area contributed by atoms with Crippen LogP contribution in [0.4, 0.5) is 0 Å². The average Bonchev–Trinajstić information content (AvgIpc) is 2.40. The van der Waals surface area contributed by atoms with E-state index in [-0.39, 0.29) is 24.4 Å². The Morgan fingerprint density at radius 2 is 1.00 bits per heavy atom. The molecule has 0 heterocycles. The fourth-order valence-corrected chi connectivity index (χ4v) is 8.68. The maximum atomic E-state index is 14.0. The molecule has 9 heteroatoms. The lowest BCUT2D eigenvalue weighted by atomic mass is 10.3. The molecule has 0 aliphatic heterocycles. The Kier molecular flexibility index (Phi) is 11.7. The Bertz CT molecular complexity index is 441. The Labute approximate surface area is 173 Å². The lowest BCUT2D eigenvalue weighted by molar-refractivity contribution is 0.109. The summed E-state index contributed by atoms with van der Waals surface area (Å²) in [6.07, 6.45) is -0.384. The van der Waals surface area contributed by atoms with Gasteiger partial charge in [-0.2, -0.15) is 0 Å². The van der Waals surface area contributed by atoms with E-state index in [0.717, 1.165) is 4.43 Å². The molecular formula is C17H37IO6P2. The minimum atomic E-state index is -3.83. The molecule has 0 N–H and O–H groups in total. The van der Waals surface area contributed by atoms with E-state index < -0.39 is 20.1 Å². The van der Waals surface area contributed by atoms with Crippen molar-refractivity contribution in [3.63, 3.8) is 0 Å². The summed E-state index contributed by atoms with van der Waals surface area (Å²) in [7, 11) is -7.67. The van der Waals surface area contributed by atoms with Crippen LogP contribution in [0.25, 0.3) is 0 Å². The maximum absolute atomic E-state index is 14.0. The molecule has 158 valence electrons. The third kappa shape index (κ3) is 7.46. The average molecular weight is 526 g/mol. The minimum absolute atomic E-state index is 0.351. The van der Waals surface area contributed by atoms with Crippen molar-refractivity contribution in [2.45, 2.75) is 104 Å². The zero-order valence-corrected chi connectivity index (χ0v) is 21.6. The van der Waals surface area contributed by atoms with Gasteiger partial charge in [0.1, 0.15) is 0 Å². The molecule has 0 bridgehead atoms. The lowest BCUT2D eigenvalue weighted by Gasteiger charge is -2.42. The van der Waals surface area contributed by atoms with Crippen LogP contribution in [-0.4, -0.2) is 33.7 Å². The standard InChI is InChI=1S/C17H37IO6P2/c1-13(2)21-25(19,22-14(3)4)17(9,11-10-12-18)26(20,23-15(5)6)24-16(7)8/h13-16H,10-12H2,1-9H3. The van der Waals surface area contributed by atoms with Crippen LogP contribution in [0, 0.1) is 0 Å². The lowest BCUT2D eigenvalue weighted by Crippen LogP contribution is -2.33. The van der Waals surface area contributed by atoms with Crippen molar-refractivity contribution < 1.29 is 27.2 Å². The van der Waals surface area contributed by atoms with Gasteiger partial charge in [-0.05, 0) is 79.6 Å². The first kappa shape index (κ1) is 27.0. The largest absolute Gasteiger partial charge is 0.349 e. The first-order valence-corrected chi connectivity index (χ1v) is 13.8. The second kappa shape index (κ2) is 11.3. The predicted molar refractivity (Wildman–Crippen MR) is 117 cm³/mol. The number of hydrogen-bond acceptors (Lipinski definition) is 6. The van der Waals surface area contributed by atoms with Crippen LogP contribution in [0.5, 0.6) is 0 Å². The topological polar surface area (TPSA) is 71.1 Å². The van der Waals surface area contributed by atoms with E-state index in [9.17, 15) is 9.13 Å². The van der Waals surface area contributed by atoms with E-state index in [1.165, 1.54) is 0 Å². The van der Waals surface area contributed by atoms with Gasteiger partial charge in [0.05, 0.1) is 24.4 Å². The Morgan fingerprint density at radius 3 is 1.19 bits per heavy atom. The van der Waals surface area contributed by atoms with Crippen molar-refractivity contribution in [2.75, 3.05) is 4.43 Å². The summed E-state index contributed by atoms with van der Waals surface area (Å²) in [6.45, 7) is 15.9. The van der Waals surface area contributed by atoms with Crippen LogP contribution < -0.4 is 0 Å². The van der Waals surface area contributed by atoms with Crippen LogP contribution in [0.15, 0.2) is 0 Å². The molecule has 0 rings (SSSR count). The van der Waals surface area contributed by atoms with E-state index in [2.05, 4.69) is 22.6 Å². The third-order valence-electron chi connectivity index (χ3n) is 3.36. The molecule has 0 saturated carbocycles. The van der Waals surface area contributed by atoms with Gasteiger partial charge in [-0.3, -0.25) is 9.13 Å². The van der Waals surface area contributed by atoms with Crippen molar-refractivity contribution in [2.24, 2.45) is 0 Å². The van der Waals surface area contributed by atoms with Crippen LogP contribution in [0.3, 0.4) is 0 Å². The van der Waals surface area contributed by atoms with Crippen LogP contribution in [-0.2, 0) is 27.2 Å². The highest BCUT2D eigenvalue weighted by atomic mass is 127. The zero-order valence-electron chi connectivity index (χ0n) is 17.7. The molecule has 0 aliphatic carbocycles. The molecule has 0 amide bonds. The number of alkyl halides is 1. The minimum Gasteiger partial charge on any atom is -0.305 e. The molecule has 0 fully saturated rings.